The molecular weight excluding hydrogens is 180 g/mol. The van der Waals surface area contributed by atoms with Gasteiger partial charge in [-0.2, -0.15) is 0 Å². The predicted octanol–water partition coefficient (Wildman–Crippen LogP) is 0.119. The number of carbonyl (C=O) groups is 1. The molecule has 0 aromatic rings. The van der Waals surface area contributed by atoms with E-state index in [-0.39, 0.29) is 18.4 Å². The van der Waals surface area contributed by atoms with Crippen molar-refractivity contribution in [1.29, 1.82) is 0 Å². The smallest absolute Gasteiger partial charge is 0.239 e. The van der Waals surface area contributed by atoms with Crippen molar-refractivity contribution < 1.29 is 9.90 Å². The van der Waals surface area contributed by atoms with Crippen molar-refractivity contribution in [1.82, 2.24) is 10.6 Å². The Labute approximate surface area is 86.1 Å². The monoisotopic (exact) mass is 202 g/mol. The van der Waals surface area contributed by atoms with Crippen molar-refractivity contribution in [3.63, 3.8) is 0 Å². The van der Waals surface area contributed by atoms with Crippen molar-refractivity contribution in [2.45, 2.75) is 33.2 Å². The molecule has 84 valence electrons. The molecule has 0 heterocycles. The van der Waals surface area contributed by atoms with Gasteiger partial charge in [-0.15, -0.1) is 0 Å². The van der Waals surface area contributed by atoms with Crippen LogP contribution >= 0.6 is 0 Å². The molecule has 0 saturated carbocycles. The van der Waals surface area contributed by atoms with Crippen LogP contribution in [0.15, 0.2) is 0 Å². The highest BCUT2D eigenvalue weighted by Crippen LogP contribution is 2.01. The van der Waals surface area contributed by atoms with Gasteiger partial charge in [-0.3, -0.25) is 4.79 Å². The van der Waals surface area contributed by atoms with Crippen LogP contribution in [0.1, 0.15) is 27.7 Å². The van der Waals surface area contributed by atoms with Crippen LogP contribution in [0.25, 0.3) is 0 Å². The Kier molecular flexibility index (Phi) is 5.72. The second kappa shape index (κ2) is 5.98. The van der Waals surface area contributed by atoms with Crippen LogP contribution in [-0.4, -0.2) is 36.2 Å². The first-order valence-corrected chi connectivity index (χ1v) is 5.08. The molecule has 1 atom stereocenters. The summed E-state index contributed by atoms with van der Waals surface area (Å²) in [4.78, 5) is 11.6. The highest BCUT2D eigenvalue weighted by atomic mass is 16.3. The predicted molar refractivity (Wildman–Crippen MR) is 57.0 cm³/mol. The maximum absolute atomic E-state index is 11.6. The van der Waals surface area contributed by atoms with Crippen molar-refractivity contribution in [2.75, 3.05) is 19.7 Å². The number of aliphatic hydroxyl groups excluding tert-OH is 1. The van der Waals surface area contributed by atoms with Crippen LogP contribution < -0.4 is 10.6 Å². The van der Waals surface area contributed by atoms with Crippen LogP contribution in [0.2, 0.25) is 0 Å². The largest absolute Gasteiger partial charge is 0.396 e. The fourth-order valence-electron chi connectivity index (χ4n) is 1.07. The number of aliphatic hydroxyl groups is 1. The maximum atomic E-state index is 11.6. The van der Waals surface area contributed by atoms with Crippen LogP contribution in [0.3, 0.4) is 0 Å². The number of hydrogen-bond acceptors (Lipinski definition) is 3. The number of nitrogens with one attached hydrogen (secondary N) is 2. The fourth-order valence-corrected chi connectivity index (χ4v) is 1.07. The molecule has 0 saturated heterocycles. The maximum Gasteiger partial charge on any atom is 0.239 e. The summed E-state index contributed by atoms with van der Waals surface area (Å²) < 4.78 is 0. The third kappa shape index (κ3) is 4.58. The molecule has 0 fully saturated rings. The van der Waals surface area contributed by atoms with Gasteiger partial charge in [-0.05, 0) is 26.3 Å². The molecule has 14 heavy (non-hydrogen) atoms. The minimum atomic E-state index is -0.538. The van der Waals surface area contributed by atoms with Crippen LogP contribution in [-0.2, 0) is 4.79 Å². The number of hydrogen-bond donors (Lipinski definition) is 3. The molecule has 3 N–H and O–H groups in total. The molecule has 0 aliphatic heterocycles. The summed E-state index contributed by atoms with van der Waals surface area (Å²) in [7, 11) is 0. The van der Waals surface area contributed by atoms with Crippen molar-refractivity contribution in [3.05, 3.63) is 0 Å². The van der Waals surface area contributed by atoms with E-state index < -0.39 is 5.54 Å². The highest BCUT2D eigenvalue weighted by molar-refractivity contribution is 5.85. The summed E-state index contributed by atoms with van der Waals surface area (Å²) in [6.45, 7) is 8.92. The van der Waals surface area contributed by atoms with Crippen molar-refractivity contribution >= 4 is 5.91 Å². The molecule has 0 aliphatic carbocycles. The molecule has 0 aromatic carbocycles. The lowest BCUT2D eigenvalue weighted by Gasteiger charge is -2.25. The van der Waals surface area contributed by atoms with Gasteiger partial charge in [0.1, 0.15) is 0 Å². The molecule has 0 bridgehead atoms. The lowest BCUT2D eigenvalue weighted by atomic mass is 10.0. The van der Waals surface area contributed by atoms with Crippen molar-refractivity contribution in [2.24, 2.45) is 5.92 Å². The van der Waals surface area contributed by atoms with Crippen molar-refractivity contribution in [3.8, 4) is 0 Å². The lowest BCUT2D eigenvalue weighted by Crippen LogP contribution is -2.53. The molecule has 0 aromatic heterocycles. The Morgan fingerprint density at radius 1 is 1.50 bits per heavy atom. The summed E-state index contributed by atoms with van der Waals surface area (Å²) >= 11 is 0. The second-order valence-electron chi connectivity index (χ2n) is 4.15. The quantitative estimate of drug-likeness (QED) is 0.573. The van der Waals surface area contributed by atoms with E-state index in [0.29, 0.717) is 6.54 Å². The van der Waals surface area contributed by atoms with E-state index in [4.69, 9.17) is 5.11 Å². The summed E-state index contributed by atoms with van der Waals surface area (Å²) in [5.41, 5.74) is -0.538. The average Bonchev–Trinajstić information content (AvgIpc) is 2.13. The van der Waals surface area contributed by atoms with Gasteiger partial charge >= 0.3 is 0 Å². The number of rotatable bonds is 6. The normalized spacial score (nSPS) is 13.8. The Morgan fingerprint density at radius 3 is 2.50 bits per heavy atom. The topological polar surface area (TPSA) is 61.4 Å². The van der Waals surface area contributed by atoms with Crippen LogP contribution in [0.4, 0.5) is 0 Å². The van der Waals surface area contributed by atoms with Gasteiger partial charge in [-0.25, -0.2) is 0 Å². The first-order valence-electron chi connectivity index (χ1n) is 5.08. The standard InChI is InChI=1S/C10H22N2O2/c1-5-12-10(3,4)9(14)11-6-8(2)7-13/h8,12-13H,5-7H2,1-4H3,(H,11,14). The minimum Gasteiger partial charge on any atom is -0.396 e. The molecular formula is C10H22N2O2. The fraction of sp³-hybridized carbons (Fsp3) is 0.900. The summed E-state index contributed by atoms with van der Waals surface area (Å²) in [5, 5.41) is 14.7. The Morgan fingerprint density at radius 2 is 2.07 bits per heavy atom. The summed E-state index contributed by atoms with van der Waals surface area (Å²) in [6.07, 6.45) is 0. The first kappa shape index (κ1) is 13.4. The van der Waals surface area contributed by atoms with Gasteiger partial charge in [0.25, 0.3) is 0 Å². The molecule has 0 aliphatic rings. The average molecular weight is 202 g/mol. The van der Waals surface area contributed by atoms with Crippen LogP contribution in [0.5, 0.6) is 0 Å². The molecule has 1 unspecified atom stereocenters. The third-order valence-corrected chi connectivity index (χ3v) is 2.11. The number of carbonyl (C=O) groups excluding carboxylic acids is 1. The van der Waals surface area contributed by atoms with E-state index >= 15 is 0 Å². The zero-order valence-corrected chi connectivity index (χ0v) is 9.55. The third-order valence-electron chi connectivity index (χ3n) is 2.11. The van der Waals surface area contributed by atoms with E-state index in [1.165, 1.54) is 0 Å². The van der Waals surface area contributed by atoms with Gasteiger partial charge in [0.2, 0.25) is 5.91 Å². The van der Waals surface area contributed by atoms with Gasteiger partial charge in [0.05, 0.1) is 5.54 Å². The van der Waals surface area contributed by atoms with Gasteiger partial charge in [0, 0.05) is 13.2 Å². The molecule has 0 rings (SSSR count). The zero-order valence-electron chi connectivity index (χ0n) is 9.55. The van der Waals surface area contributed by atoms with E-state index in [1.54, 1.807) is 0 Å². The molecule has 1 amide bonds. The Balaban J connectivity index is 3.94. The second-order valence-corrected chi connectivity index (χ2v) is 4.15. The van der Waals surface area contributed by atoms with E-state index in [9.17, 15) is 4.79 Å². The molecule has 4 heteroatoms. The summed E-state index contributed by atoms with van der Waals surface area (Å²) in [5.74, 6) is 0.0797. The van der Waals surface area contributed by atoms with Crippen LogP contribution in [0, 0.1) is 5.92 Å². The Bertz CT molecular complexity index is 181. The molecule has 4 nitrogen and oxygen atoms in total. The lowest BCUT2D eigenvalue weighted by molar-refractivity contribution is -0.126. The van der Waals surface area contributed by atoms with E-state index in [0.717, 1.165) is 6.54 Å². The summed E-state index contributed by atoms with van der Waals surface area (Å²) in [6, 6.07) is 0. The highest BCUT2D eigenvalue weighted by Gasteiger charge is 2.25. The first-order chi connectivity index (χ1) is 6.44. The Hall–Kier alpha value is -0.610. The number of likely N-dealkylation sites (N-methyl/N-ethyl adjacent to an activating group) is 1. The van der Waals surface area contributed by atoms with Gasteiger partial charge in [0.15, 0.2) is 0 Å². The minimum absolute atomic E-state index is 0.0281. The molecule has 0 spiro atoms. The van der Waals surface area contributed by atoms with E-state index in [1.807, 2.05) is 27.7 Å². The SMILES string of the molecule is CCNC(C)(C)C(=O)NCC(C)CO. The molecule has 0 radical (unpaired) electrons. The number of amides is 1. The van der Waals surface area contributed by atoms with Gasteiger partial charge < -0.3 is 15.7 Å². The van der Waals surface area contributed by atoms with Gasteiger partial charge in [-0.1, -0.05) is 13.8 Å². The zero-order chi connectivity index (χ0) is 11.2. The van der Waals surface area contributed by atoms with E-state index in [2.05, 4.69) is 10.6 Å².